The molecule has 1 aromatic rings. The molecule has 128 valence electrons. The van der Waals surface area contributed by atoms with Crippen molar-refractivity contribution in [1.29, 1.82) is 0 Å². The Labute approximate surface area is 134 Å². The number of nitrogens with one attached hydrogen (secondary N) is 1. The van der Waals surface area contributed by atoms with Crippen molar-refractivity contribution in [3.05, 3.63) is 35.4 Å². The van der Waals surface area contributed by atoms with Gasteiger partial charge >= 0.3 is 6.18 Å². The van der Waals surface area contributed by atoms with Gasteiger partial charge in [-0.25, -0.2) is 0 Å². The monoisotopic (exact) mass is 328 g/mol. The molecule has 1 fully saturated rings. The Hall–Kier alpha value is -1.56. The maximum Gasteiger partial charge on any atom is 0.416 e. The molecular formula is C17H23F3N2O. The average molecular weight is 328 g/mol. The Bertz CT molecular complexity index is 549. The highest BCUT2D eigenvalue weighted by Gasteiger charge is 2.38. The second-order valence-electron chi connectivity index (χ2n) is 6.52. The van der Waals surface area contributed by atoms with Crippen LogP contribution in [-0.4, -0.2) is 18.5 Å². The molecule has 0 aromatic heterocycles. The lowest BCUT2D eigenvalue weighted by molar-refractivity contribution is -0.137. The summed E-state index contributed by atoms with van der Waals surface area (Å²) in [7, 11) is 0. The molecule has 3 N–H and O–H groups in total. The molecule has 23 heavy (non-hydrogen) atoms. The molecule has 6 heteroatoms. The lowest BCUT2D eigenvalue weighted by Crippen LogP contribution is -2.40. The molecule has 1 aliphatic carbocycles. The number of rotatable bonds is 5. The summed E-state index contributed by atoms with van der Waals surface area (Å²) >= 11 is 0. The fourth-order valence-corrected chi connectivity index (χ4v) is 3.28. The molecule has 1 saturated carbocycles. The number of hydrogen-bond acceptors (Lipinski definition) is 2. The van der Waals surface area contributed by atoms with Crippen LogP contribution >= 0.6 is 0 Å². The van der Waals surface area contributed by atoms with E-state index < -0.39 is 17.2 Å². The first kappa shape index (κ1) is 17.8. The molecule has 0 heterocycles. The summed E-state index contributed by atoms with van der Waals surface area (Å²) in [6, 6.07) is 5.26. The van der Waals surface area contributed by atoms with Crippen LogP contribution in [0.5, 0.6) is 0 Å². The van der Waals surface area contributed by atoms with Crippen LogP contribution in [0.4, 0.5) is 13.2 Å². The molecule has 3 nitrogen and oxygen atoms in total. The fourth-order valence-electron chi connectivity index (χ4n) is 3.28. The van der Waals surface area contributed by atoms with E-state index in [2.05, 4.69) is 5.32 Å². The quantitative estimate of drug-likeness (QED) is 0.871. The number of nitrogens with two attached hydrogens (primary N) is 1. The number of carbonyl (C=O) groups is 1. The predicted octanol–water partition coefficient (Wildman–Crippen LogP) is 3.37. The minimum Gasteiger partial charge on any atom is -0.355 e. The van der Waals surface area contributed by atoms with Crippen molar-refractivity contribution in [2.75, 3.05) is 6.54 Å². The predicted molar refractivity (Wildman–Crippen MR) is 82.9 cm³/mol. The molecule has 1 aromatic carbocycles. The van der Waals surface area contributed by atoms with E-state index >= 15 is 0 Å². The van der Waals surface area contributed by atoms with Crippen molar-refractivity contribution < 1.29 is 18.0 Å². The maximum atomic E-state index is 13.0. The van der Waals surface area contributed by atoms with Crippen LogP contribution in [-0.2, 0) is 16.4 Å². The minimum absolute atomic E-state index is 0.154. The lowest BCUT2D eigenvalue weighted by Gasteiger charge is -2.30. The van der Waals surface area contributed by atoms with Gasteiger partial charge in [-0.05, 0) is 31.4 Å². The Kier molecular flexibility index (Phi) is 5.34. The molecule has 0 aliphatic heterocycles. The third-order valence-corrected chi connectivity index (χ3v) is 4.49. The summed E-state index contributed by atoms with van der Waals surface area (Å²) in [4.78, 5) is 11.8. The number of benzene rings is 1. The average Bonchev–Trinajstić information content (AvgIpc) is 2.94. The van der Waals surface area contributed by atoms with E-state index in [1.165, 1.54) is 12.1 Å². The number of amides is 1. The summed E-state index contributed by atoms with van der Waals surface area (Å²) in [6.45, 7) is 2.11. The second-order valence-corrected chi connectivity index (χ2v) is 6.52. The number of hydrogen-bond donors (Lipinski definition) is 2. The SMILES string of the molecule is CC(N)CC(=O)NCC1(c2cccc(C(F)(F)F)c2)CCCC1. The zero-order valence-corrected chi connectivity index (χ0v) is 13.2. The van der Waals surface area contributed by atoms with Gasteiger partial charge in [-0.15, -0.1) is 0 Å². The van der Waals surface area contributed by atoms with Crippen molar-refractivity contribution in [2.24, 2.45) is 5.73 Å². The molecule has 1 aliphatic rings. The molecule has 1 amide bonds. The van der Waals surface area contributed by atoms with E-state index in [1.807, 2.05) is 0 Å². The first-order valence-electron chi connectivity index (χ1n) is 7.93. The van der Waals surface area contributed by atoms with E-state index in [9.17, 15) is 18.0 Å². The molecule has 0 bridgehead atoms. The lowest BCUT2D eigenvalue weighted by atomic mass is 9.78. The smallest absolute Gasteiger partial charge is 0.355 e. The van der Waals surface area contributed by atoms with Crippen molar-refractivity contribution in [2.45, 2.75) is 56.7 Å². The molecule has 0 radical (unpaired) electrons. The number of halogens is 3. The molecular weight excluding hydrogens is 305 g/mol. The van der Waals surface area contributed by atoms with Gasteiger partial charge in [0.25, 0.3) is 0 Å². The third kappa shape index (κ3) is 4.47. The largest absolute Gasteiger partial charge is 0.416 e. The first-order chi connectivity index (χ1) is 10.7. The van der Waals surface area contributed by atoms with Gasteiger partial charge in [0, 0.05) is 24.4 Å². The summed E-state index contributed by atoms with van der Waals surface area (Å²) in [6.07, 6.45) is -0.648. The Morgan fingerprint density at radius 2 is 2.00 bits per heavy atom. The first-order valence-corrected chi connectivity index (χ1v) is 7.93. The van der Waals surface area contributed by atoms with E-state index in [1.54, 1.807) is 13.0 Å². The Morgan fingerprint density at radius 1 is 1.35 bits per heavy atom. The summed E-state index contributed by atoms with van der Waals surface area (Å²) in [5.74, 6) is -0.154. The fraction of sp³-hybridized carbons (Fsp3) is 0.588. The Balaban J connectivity index is 2.19. The minimum atomic E-state index is -4.35. The van der Waals surface area contributed by atoms with E-state index in [-0.39, 0.29) is 18.4 Å². The second kappa shape index (κ2) is 6.91. The van der Waals surface area contributed by atoms with Crippen LogP contribution in [0.2, 0.25) is 0 Å². The van der Waals surface area contributed by atoms with Crippen LogP contribution in [0, 0.1) is 0 Å². The van der Waals surface area contributed by atoms with Crippen molar-refractivity contribution in [1.82, 2.24) is 5.32 Å². The van der Waals surface area contributed by atoms with Gasteiger partial charge in [0.05, 0.1) is 5.56 Å². The van der Waals surface area contributed by atoms with Gasteiger partial charge in [0.1, 0.15) is 0 Å². The summed E-state index contributed by atoms with van der Waals surface area (Å²) in [5.41, 5.74) is 5.22. The van der Waals surface area contributed by atoms with Crippen molar-refractivity contribution >= 4 is 5.91 Å². The molecule has 1 unspecified atom stereocenters. The summed E-state index contributed by atoms with van der Waals surface area (Å²) in [5, 5.41) is 2.85. The van der Waals surface area contributed by atoms with Gasteiger partial charge < -0.3 is 11.1 Å². The van der Waals surface area contributed by atoms with Crippen LogP contribution < -0.4 is 11.1 Å². The normalized spacial score (nSPS) is 18.7. The summed E-state index contributed by atoms with van der Waals surface area (Å²) < 4.78 is 38.9. The molecule has 0 spiro atoms. The molecule has 2 rings (SSSR count). The van der Waals surface area contributed by atoms with Crippen molar-refractivity contribution in [3.63, 3.8) is 0 Å². The van der Waals surface area contributed by atoms with Gasteiger partial charge in [0.2, 0.25) is 5.91 Å². The van der Waals surface area contributed by atoms with Gasteiger partial charge in [-0.2, -0.15) is 13.2 Å². The van der Waals surface area contributed by atoms with Crippen LogP contribution in [0.25, 0.3) is 0 Å². The van der Waals surface area contributed by atoms with Crippen LogP contribution in [0.15, 0.2) is 24.3 Å². The van der Waals surface area contributed by atoms with Gasteiger partial charge in [-0.3, -0.25) is 4.79 Å². The topological polar surface area (TPSA) is 55.1 Å². The standard InChI is InChI=1S/C17H23F3N2O/c1-12(21)9-15(23)22-11-16(7-2-3-8-16)13-5-4-6-14(10-13)17(18,19)20/h4-6,10,12H,2-3,7-9,11,21H2,1H3,(H,22,23). The van der Waals surface area contributed by atoms with Crippen LogP contribution in [0.1, 0.15) is 50.2 Å². The zero-order valence-electron chi connectivity index (χ0n) is 13.2. The highest BCUT2D eigenvalue weighted by molar-refractivity contribution is 5.76. The van der Waals surface area contributed by atoms with Gasteiger partial charge in [-0.1, -0.05) is 31.0 Å². The highest BCUT2D eigenvalue weighted by Crippen LogP contribution is 2.42. The van der Waals surface area contributed by atoms with E-state index in [0.717, 1.165) is 31.7 Å². The number of carbonyl (C=O) groups excluding carboxylic acids is 1. The highest BCUT2D eigenvalue weighted by atomic mass is 19.4. The van der Waals surface area contributed by atoms with E-state index in [0.29, 0.717) is 12.1 Å². The third-order valence-electron chi connectivity index (χ3n) is 4.49. The van der Waals surface area contributed by atoms with Crippen LogP contribution in [0.3, 0.4) is 0 Å². The number of alkyl halides is 3. The zero-order chi connectivity index (χ0) is 17.1. The maximum absolute atomic E-state index is 13.0. The van der Waals surface area contributed by atoms with Gasteiger partial charge in [0.15, 0.2) is 0 Å². The molecule has 1 atom stereocenters. The van der Waals surface area contributed by atoms with Crippen molar-refractivity contribution in [3.8, 4) is 0 Å². The van der Waals surface area contributed by atoms with E-state index in [4.69, 9.17) is 5.73 Å². The Morgan fingerprint density at radius 3 is 2.57 bits per heavy atom. The molecule has 0 saturated heterocycles.